The second-order valence-electron chi connectivity index (χ2n) is 4.90. The Bertz CT molecular complexity index is 750. The van der Waals surface area contributed by atoms with E-state index in [1.54, 1.807) is 0 Å². The molecule has 10 nitrogen and oxygen atoms in total. The molecule has 0 bridgehead atoms. The van der Waals surface area contributed by atoms with E-state index in [-0.39, 0.29) is 5.82 Å². The molecule has 0 aliphatic carbocycles. The number of hydrogen-bond acceptors (Lipinski definition) is 8. The topological polar surface area (TPSA) is 160 Å². The van der Waals surface area contributed by atoms with Gasteiger partial charge in [-0.3, -0.25) is 4.57 Å². The van der Waals surface area contributed by atoms with Crippen LogP contribution in [0.4, 0.5) is 5.82 Å². The Kier molecular flexibility index (Phi) is 3.89. The molecule has 1 aliphatic rings. The molecule has 1 aliphatic heterocycles. The Morgan fingerprint density at radius 2 is 2.09 bits per heavy atom. The van der Waals surface area contributed by atoms with E-state index >= 15 is 0 Å². The van der Waals surface area contributed by atoms with E-state index in [0.717, 1.165) is 0 Å². The van der Waals surface area contributed by atoms with Gasteiger partial charge in [0.1, 0.15) is 17.9 Å². The molecule has 0 aromatic carbocycles. The molecule has 1 fully saturated rings. The predicted octanol–water partition coefficient (Wildman–Crippen LogP) is -1.68. The van der Waals surface area contributed by atoms with E-state index < -0.39 is 37.2 Å². The maximum Gasteiger partial charge on any atom is 0.192 e. The predicted molar refractivity (Wildman–Crippen MR) is 79.2 cm³/mol. The van der Waals surface area contributed by atoms with Gasteiger partial charge < -0.3 is 30.5 Å². The molecule has 4 atom stereocenters. The van der Waals surface area contributed by atoms with Crippen LogP contribution in [0.2, 0.25) is 0 Å². The van der Waals surface area contributed by atoms with Gasteiger partial charge in [0.25, 0.3) is 0 Å². The van der Waals surface area contributed by atoms with Gasteiger partial charge in [0.15, 0.2) is 24.2 Å². The van der Waals surface area contributed by atoms with Crippen molar-refractivity contribution in [2.45, 2.75) is 24.1 Å². The number of imidazole rings is 1. The molecular formula is C10H14N5O5PS. The lowest BCUT2D eigenvalue weighted by Gasteiger charge is -2.22. The quantitative estimate of drug-likeness (QED) is 0.406. The Hall–Kier alpha value is -1.20. The molecule has 22 heavy (non-hydrogen) atoms. The Labute approximate surface area is 129 Å². The first-order valence-corrected chi connectivity index (χ1v) is 9.05. The first-order chi connectivity index (χ1) is 10.3. The molecule has 0 saturated carbocycles. The van der Waals surface area contributed by atoms with Crippen molar-refractivity contribution in [3.05, 3.63) is 12.7 Å². The van der Waals surface area contributed by atoms with Crippen LogP contribution in [-0.2, 0) is 16.5 Å². The van der Waals surface area contributed by atoms with E-state index in [1.165, 1.54) is 17.2 Å². The Morgan fingerprint density at radius 3 is 2.68 bits per heavy atom. The van der Waals surface area contributed by atoms with Gasteiger partial charge >= 0.3 is 0 Å². The van der Waals surface area contributed by atoms with E-state index in [9.17, 15) is 20.0 Å². The highest BCUT2D eigenvalue weighted by atomic mass is 32.5. The highest BCUT2D eigenvalue weighted by molar-refractivity contribution is 8.09. The normalized spacial score (nSPS) is 29.3. The first kappa shape index (κ1) is 15.7. The van der Waals surface area contributed by atoms with E-state index in [0.29, 0.717) is 11.2 Å². The van der Waals surface area contributed by atoms with Gasteiger partial charge in [-0.25, -0.2) is 15.0 Å². The van der Waals surface area contributed by atoms with Crippen LogP contribution >= 0.6 is 6.49 Å². The fourth-order valence-electron chi connectivity index (χ4n) is 2.58. The Morgan fingerprint density at radius 1 is 1.36 bits per heavy atom. The van der Waals surface area contributed by atoms with Crippen LogP contribution in [0, 0.1) is 0 Å². The minimum absolute atomic E-state index is 0.168. The molecule has 0 spiro atoms. The second-order valence-corrected chi connectivity index (χ2v) is 8.29. The number of aliphatic hydroxyl groups excluding tert-OH is 2. The van der Waals surface area contributed by atoms with Crippen molar-refractivity contribution in [2.24, 2.45) is 0 Å². The number of fused-ring (bicyclic) bond motifs is 1. The van der Waals surface area contributed by atoms with Crippen LogP contribution in [-0.4, -0.2) is 64.0 Å². The lowest BCUT2D eigenvalue weighted by molar-refractivity contribution is -0.0486. The van der Waals surface area contributed by atoms with Gasteiger partial charge in [-0.05, 0) is 11.8 Å². The first-order valence-electron chi connectivity index (χ1n) is 6.27. The summed E-state index contributed by atoms with van der Waals surface area (Å²) in [5.74, 6) is 0.168. The number of aliphatic hydroxyl groups is 2. The molecule has 2 aromatic rings. The molecule has 3 heterocycles. The van der Waals surface area contributed by atoms with Crippen molar-refractivity contribution in [3.8, 4) is 0 Å². The summed E-state index contributed by atoms with van der Waals surface area (Å²) in [7, 11) is 0. The molecule has 12 heteroatoms. The van der Waals surface area contributed by atoms with Gasteiger partial charge in [0.05, 0.1) is 24.7 Å². The molecule has 0 radical (unpaired) electrons. The number of hydrogen-bond donors (Lipinski definition) is 5. The van der Waals surface area contributed by atoms with Crippen molar-refractivity contribution < 1.29 is 24.7 Å². The van der Waals surface area contributed by atoms with Crippen LogP contribution in [0.25, 0.3) is 11.2 Å². The van der Waals surface area contributed by atoms with Crippen LogP contribution in [0.1, 0.15) is 6.23 Å². The largest absolute Gasteiger partial charge is 0.394 e. The van der Waals surface area contributed by atoms with Crippen molar-refractivity contribution in [1.82, 2.24) is 19.5 Å². The van der Waals surface area contributed by atoms with Gasteiger partial charge in [0, 0.05) is 0 Å². The fourth-order valence-corrected chi connectivity index (χ4v) is 4.51. The third kappa shape index (κ3) is 2.40. The SMILES string of the molecule is Nc1ncnc2c1ncn2[C@@H]1O[C@H](CO)[C@@H](P(O)(O)=S)[C@@H]1O. The molecule has 0 amide bonds. The summed E-state index contributed by atoms with van der Waals surface area (Å²) in [6.45, 7) is -4.36. The lowest BCUT2D eigenvalue weighted by atomic mass is 10.2. The third-order valence-electron chi connectivity index (χ3n) is 3.57. The zero-order valence-corrected chi connectivity index (χ0v) is 12.8. The minimum atomic E-state index is -3.84. The van der Waals surface area contributed by atoms with Crippen LogP contribution in [0.3, 0.4) is 0 Å². The number of nitrogen functional groups attached to an aromatic ring is 1. The number of nitrogens with zero attached hydrogens (tertiary/aromatic N) is 4. The van der Waals surface area contributed by atoms with Crippen molar-refractivity contribution in [3.63, 3.8) is 0 Å². The average molecular weight is 347 g/mol. The zero-order chi connectivity index (χ0) is 16.1. The monoisotopic (exact) mass is 347 g/mol. The molecule has 120 valence electrons. The van der Waals surface area contributed by atoms with Crippen molar-refractivity contribution in [2.75, 3.05) is 12.3 Å². The highest BCUT2D eigenvalue weighted by Gasteiger charge is 2.51. The number of anilines is 1. The molecular weight excluding hydrogens is 333 g/mol. The standard InChI is InChI=1S/C10H14N5O5PS/c11-8-5-9(13-2-12-8)15(3-14-5)10-6(17)7(21(18,19)22)4(1-16)20-10/h2-4,6-7,10,16-17H,1H2,(H2,11,12,13)(H2,18,19,22)/t4-,6+,7-,10-/m1/s1. The number of ether oxygens (including phenoxy) is 1. The molecule has 3 rings (SSSR count). The number of aromatic nitrogens is 4. The minimum Gasteiger partial charge on any atom is -0.394 e. The summed E-state index contributed by atoms with van der Waals surface area (Å²) in [5.41, 5.74) is 5.17. The maximum atomic E-state index is 10.4. The van der Waals surface area contributed by atoms with E-state index in [1.807, 2.05) is 0 Å². The van der Waals surface area contributed by atoms with Gasteiger partial charge in [-0.15, -0.1) is 0 Å². The fraction of sp³-hybridized carbons (Fsp3) is 0.500. The van der Waals surface area contributed by atoms with Crippen LogP contribution in [0.15, 0.2) is 12.7 Å². The summed E-state index contributed by atoms with van der Waals surface area (Å²) in [6.07, 6.45) is -0.786. The molecule has 1 saturated heterocycles. The summed E-state index contributed by atoms with van der Waals surface area (Å²) >= 11 is 4.66. The summed E-state index contributed by atoms with van der Waals surface area (Å²) < 4.78 is 6.91. The highest BCUT2D eigenvalue weighted by Crippen LogP contribution is 2.52. The summed E-state index contributed by atoms with van der Waals surface area (Å²) in [4.78, 5) is 31.3. The third-order valence-corrected chi connectivity index (χ3v) is 5.71. The summed E-state index contributed by atoms with van der Waals surface area (Å²) in [6, 6.07) is 0. The van der Waals surface area contributed by atoms with Gasteiger partial charge in [0.2, 0.25) is 0 Å². The number of rotatable bonds is 3. The van der Waals surface area contributed by atoms with Crippen LogP contribution in [0.5, 0.6) is 0 Å². The van der Waals surface area contributed by atoms with Crippen LogP contribution < -0.4 is 5.73 Å². The zero-order valence-electron chi connectivity index (χ0n) is 11.1. The summed E-state index contributed by atoms with van der Waals surface area (Å²) in [5, 5.41) is 19.7. The average Bonchev–Trinajstić information content (AvgIpc) is 2.99. The molecule has 0 unspecified atom stereocenters. The van der Waals surface area contributed by atoms with E-state index in [4.69, 9.17) is 10.5 Å². The number of nitrogens with two attached hydrogens (primary N) is 1. The second kappa shape index (κ2) is 5.46. The van der Waals surface area contributed by atoms with E-state index in [2.05, 4.69) is 26.8 Å². The smallest absolute Gasteiger partial charge is 0.192 e. The maximum absolute atomic E-state index is 10.4. The van der Waals surface area contributed by atoms with Crippen molar-refractivity contribution in [1.29, 1.82) is 0 Å². The molecule has 6 N–H and O–H groups in total. The van der Waals surface area contributed by atoms with Gasteiger partial charge in [-0.2, -0.15) is 0 Å². The van der Waals surface area contributed by atoms with Crippen molar-refractivity contribution >= 4 is 35.3 Å². The van der Waals surface area contributed by atoms with Gasteiger partial charge in [-0.1, -0.05) is 0 Å². The Balaban J connectivity index is 2.05. The molecule has 2 aromatic heterocycles. The lowest BCUT2D eigenvalue weighted by Crippen LogP contribution is -2.33.